The van der Waals surface area contributed by atoms with Crippen LogP contribution in [0.4, 0.5) is 5.69 Å². The summed E-state index contributed by atoms with van der Waals surface area (Å²) in [6.45, 7) is 4.02. The molecule has 3 N–H and O–H groups in total. The lowest BCUT2D eigenvalue weighted by Gasteiger charge is -2.21. The Morgan fingerprint density at radius 3 is 2.62 bits per heavy atom. The van der Waals surface area contributed by atoms with Gasteiger partial charge < -0.3 is 5.32 Å². The number of carbonyl (C=O) groups is 1. The summed E-state index contributed by atoms with van der Waals surface area (Å²) in [5.41, 5.74) is 2.54. The topological polar surface area (TPSA) is 69.8 Å². The molecule has 1 unspecified atom stereocenters. The van der Waals surface area contributed by atoms with Crippen LogP contribution in [0.1, 0.15) is 25.5 Å². The molecule has 1 amide bonds. The van der Waals surface area contributed by atoms with E-state index >= 15 is 0 Å². The lowest BCUT2D eigenvalue weighted by atomic mass is 10.0. The van der Waals surface area contributed by atoms with Crippen molar-refractivity contribution in [2.75, 3.05) is 5.32 Å². The maximum Gasteiger partial charge on any atom is 0.246 e. The third-order valence-electron chi connectivity index (χ3n) is 3.67. The van der Waals surface area contributed by atoms with Gasteiger partial charge in [0, 0.05) is 22.1 Å². The summed E-state index contributed by atoms with van der Waals surface area (Å²) >= 11 is 5.95. The van der Waals surface area contributed by atoms with E-state index in [1.54, 1.807) is 18.3 Å². The second kappa shape index (κ2) is 7.03. The molecule has 5 nitrogen and oxygen atoms in total. The molecule has 3 aromatic rings. The number of aromatic amines is 1. The minimum Gasteiger partial charge on any atom is -0.324 e. The van der Waals surface area contributed by atoms with Crippen molar-refractivity contribution >= 4 is 34.1 Å². The molecule has 2 aromatic carbocycles. The van der Waals surface area contributed by atoms with E-state index in [1.165, 1.54) is 0 Å². The van der Waals surface area contributed by atoms with Gasteiger partial charge in [0.05, 0.1) is 11.7 Å². The van der Waals surface area contributed by atoms with Crippen molar-refractivity contribution in [1.29, 1.82) is 0 Å². The standard InChI is InChI=1S/C18H19ClN4O/c1-11(2)21-17(12-3-5-14(19)6-4-12)18(24)22-15-7-8-16-13(9-15)10-20-23-16/h3-11,17,21H,1-2H3,(H,20,23)(H,22,24). The highest BCUT2D eigenvalue weighted by Gasteiger charge is 2.21. The Bertz CT molecular complexity index is 842. The predicted molar refractivity (Wildman–Crippen MR) is 97.2 cm³/mol. The summed E-state index contributed by atoms with van der Waals surface area (Å²) in [5, 5.41) is 14.7. The molecule has 0 spiro atoms. The molecule has 6 heteroatoms. The zero-order valence-corrected chi connectivity index (χ0v) is 14.3. The largest absolute Gasteiger partial charge is 0.324 e. The minimum absolute atomic E-state index is 0.117. The van der Waals surface area contributed by atoms with Crippen molar-refractivity contribution in [3.8, 4) is 0 Å². The number of anilines is 1. The molecular formula is C18H19ClN4O. The summed E-state index contributed by atoms with van der Waals surface area (Å²) in [6, 6.07) is 12.6. The van der Waals surface area contributed by atoms with E-state index in [0.29, 0.717) is 5.02 Å². The van der Waals surface area contributed by atoms with Gasteiger partial charge >= 0.3 is 0 Å². The molecule has 0 saturated heterocycles. The highest BCUT2D eigenvalue weighted by atomic mass is 35.5. The number of rotatable bonds is 5. The van der Waals surface area contributed by atoms with Gasteiger partial charge in [-0.25, -0.2) is 0 Å². The molecule has 124 valence electrons. The molecule has 0 saturated carbocycles. The van der Waals surface area contributed by atoms with Gasteiger partial charge in [-0.15, -0.1) is 0 Å². The van der Waals surface area contributed by atoms with E-state index in [9.17, 15) is 4.79 Å². The number of aromatic nitrogens is 2. The molecule has 0 aliphatic heterocycles. The van der Waals surface area contributed by atoms with Crippen LogP contribution < -0.4 is 10.6 Å². The third-order valence-corrected chi connectivity index (χ3v) is 3.93. The molecule has 1 atom stereocenters. The quantitative estimate of drug-likeness (QED) is 0.658. The summed E-state index contributed by atoms with van der Waals surface area (Å²) in [4.78, 5) is 12.8. The SMILES string of the molecule is CC(C)NC(C(=O)Nc1ccc2[nH]ncc2c1)c1ccc(Cl)cc1. The van der Waals surface area contributed by atoms with Gasteiger partial charge in [0.25, 0.3) is 0 Å². The minimum atomic E-state index is -0.456. The number of halogens is 1. The van der Waals surface area contributed by atoms with Gasteiger partial charge in [-0.1, -0.05) is 23.7 Å². The van der Waals surface area contributed by atoms with E-state index in [0.717, 1.165) is 22.2 Å². The Balaban J connectivity index is 1.83. The molecule has 0 radical (unpaired) electrons. The van der Waals surface area contributed by atoms with E-state index in [2.05, 4.69) is 20.8 Å². The predicted octanol–water partition coefficient (Wildman–Crippen LogP) is 3.89. The average molecular weight is 343 g/mol. The van der Waals surface area contributed by atoms with Gasteiger partial charge in [-0.3, -0.25) is 15.2 Å². The molecule has 1 aromatic heterocycles. The van der Waals surface area contributed by atoms with Crippen LogP contribution in [0.25, 0.3) is 10.9 Å². The molecule has 24 heavy (non-hydrogen) atoms. The third kappa shape index (κ3) is 3.75. The highest BCUT2D eigenvalue weighted by Crippen LogP contribution is 2.21. The molecule has 0 bridgehead atoms. The normalized spacial score (nSPS) is 12.5. The lowest BCUT2D eigenvalue weighted by Crippen LogP contribution is -2.36. The van der Waals surface area contributed by atoms with Gasteiger partial charge in [-0.05, 0) is 49.7 Å². The zero-order valence-electron chi connectivity index (χ0n) is 13.5. The van der Waals surface area contributed by atoms with Crippen molar-refractivity contribution in [1.82, 2.24) is 15.5 Å². The van der Waals surface area contributed by atoms with Crippen molar-refractivity contribution in [3.63, 3.8) is 0 Å². The molecule has 0 aliphatic carbocycles. The van der Waals surface area contributed by atoms with Gasteiger partial charge in [0.2, 0.25) is 5.91 Å². The Labute approximate surface area is 145 Å². The molecule has 3 rings (SSSR count). The van der Waals surface area contributed by atoms with Crippen LogP contribution in [0.5, 0.6) is 0 Å². The molecule has 1 heterocycles. The maximum absolute atomic E-state index is 12.8. The fourth-order valence-electron chi connectivity index (χ4n) is 2.55. The molecule has 0 fully saturated rings. The van der Waals surface area contributed by atoms with Crippen LogP contribution in [-0.4, -0.2) is 22.1 Å². The van der Waals surface area contributed by atoms with E-state index in [4.69, 9.17) is 11.6 Å². The summed E-state index contributed by atoms with van der Waals surface area (Å²) in [6.07, 6.45) is 1.73. The first-order valence-electron chi connectivity index (χ1n) is 7.78. The Kier molecular flexibility index (Phi) is 4.83. The number of hydrogen-bond acceptors (Lipinski definition) is 3. The number of H-pyrrole nitrogens is 1. The zero-order chi connectivity index (χ0) is 17.1. The second-order valence-electron chi connectivity index (χ2n) is 5.97. The number of benzene rings is 2. The van der Waals surface area contributed by atoms with E-state index in [-0.39, 0.29) is 11.9 Å². The van der Waals surface area contributed by atoms with Crippen LogP contribution in [0, 0.1) is 0 Å². The maximum atomic E-state index is 12.8. The molecule has 0 aliphatic rings. The number of nitrogens with zero attached hydrogens (tertiary/aromatic N) is 1. The summed E-state index contributed by atoms with van der Waals surface area (Å²) in [7, 11) is 0. The van der Waals surface area contributed by atoms with Gasteiger partial charge in [-0.2, -0.15) is 5.10 Å². The Hall–Kier alpha value is -2.37. The van der Waals surface area contributed by atoms with Crippen LogP contribution in [0.2, 0.25) is 5.02 Å². The number of fused-ring (bicyclic) bond motifs is 1. The Morgan fingerprint density at radius 1 is 1.17 bits per heavy atom. The number of hydrogen-bond donors (Lipinski definition) is 3. The first kappa shape index (κ1) is 16.5. The van der Waals surface area contributed by atoms with Crippen molar-refractivity contribution in [2.24, 2.45) is 0 Å². The summed E-state index contributed by atoms with van der Waals surface area (Å²) in [5.74, 6) is -0.117. The Morgan fingerprint density at radius 2 is 1.92 bits per heavy atom. The van der Waals surface area contributed by atoms with Crippen LogP contribution in [-0.2, 0) is 4.79 Å². The lowest BCUT2D eigenvalue weighted by molar-refractivity contribution is -0.118. The fourth-order valence-corrected chi connectivity index (χ4v) is 2.67. The van der Waals surface area contributed by atoms with Crippen molar-refractivity contribution in [2.45, 2.75) is 25.9 Å². The second-order valence-corrected chi connectivity index (χ2v) is 6.40. The van der Waals surface area contributed by atoms with Crippen LogP contribution in [0.15, 0.2) is 48.7 Å². The van der Waals surface area contributed by atoms with E-state index < -0.39 is 6.04 Å². The fraction of sp³-hybridized carbons (Fsp3) is 0.222. The van der Waals surface area contributed by atoms with Gasteiger partial charge in [0.15, 0.2) is 0 Å². The monoisotopic (exact) mass is 342 g/mol. The first-order chi connectivity index (χ1) is 11.5. The molecular weight excluding hydrogens is 324 g/mol. The van der Waals surface area contributed by atoms with Crippen molar-refractivity contribution < 1.29 is 4.79 Å². The van der Waals surface area contributed by atoms with Crippen LogP contribution in [0.3, 0.4) is 0 Å². The number of amides is 1. The van der Waals surface area contributed by atoms with E-state index in [1.807, 2.05) is 44.2 Å². The smallest absolute Gasteiger partial charge is 0.246 e. The number of nitrogens with one attached hydrogen (secondary N) is 3. The number of carbonyl (C=O) groups excluding carboxylic acids is 1. The van der Waals surface area contributed by atoms with Crippen molar-refractivity contribution in [3.05, 3.63) is 59.2 Å². The van der Waals surface area contributed by atoms with Gasteiger partial charge in [0.1, 0.15) is 6.04 Å². The highest BCUT2D eigenvalue weighted by molar-refractivity contribution is 6.30. The summed E-state index contributed by atoms with van der Waals surface area (Å²) < 4.78 is 0. The first-order valence-corrected chi connectivity index (χ1v) is 8.16. The average Bonchev–Trinajstić information content (AvgIpc) is 3.01. The van der Waals surface area contributed by atoms with Crippen LogP contribution >= 0.6 is 11.6 Å².